The number of pyridine rings is 1. The number of hydrogen-bond donors (Lipinski definition) is 0. The zero-order valence-corrected chi connectivity index (χ0v) is 16.1. The molecule has 9 heteroatoms. The van der Waals surface area contributed by atoms with E-state index < -0.39 is 0 Å². The first kappa shape index (κ1) is 18.1. The summed E-state index contributed by atoms with van der Waals surface area (Å²) in [6, 6.07) is 11.2. The van der Waals surface area contributed by atoms with Crippen LogP contribution in [0.2, 0.25) is 0 Å². The Morgan fingerprint density at radius 3 is 2.70 bits per heavy atom. The second kappa shape index (κ2) is 7.45. The van der Waals surface area contributed by atoms with Crippen LogP contribution in [0.1, 0.15) is 5.56 Å². The van der Waals surface area contributed by atoms with Crippen molar-refractivity contribution in [2.24, 2.45) is 5.10 Å². The Morgan fingerprint density at radius 1 is 1.10 bits per heavy atom. The predicted molar refractivity (Wildman–Crippen MR) is 114 cm³/mol. The minimum atomic E-state index is -0.207. The van der Waals surface area contributed by atoms with Crippen LogP contribution in [0.5, 0.6) is 0 Å². The molecule has 0 aliphatic rings. The summed E-state index contributed by atoms with van der Waals surface area (Å²) < 4.78 is 8.17. The molecule has 0 saturated carbocycles. The molecule has 0 saturated heterocycles. The fourth-order valence-corrected chi connectivity index (χ4v) is 3.29. The van der Waals surface area contributed by atoms with Gasteiger partial charge in [-0.1, -0.05) is 18.2 Å². The average molecular weight is 399 g/mol. The van der Waals surface area contributed by atoms with Crippen molar-refractivity contribution in [3.63, 3.8) is 0 Å². The van der Waals surface area contributed by atoms with Gasteiger partial charge in [0.15, 0.2) is 11.3 Å². The van der Waals surface area contributed by atoms with Gasteiger partial charge in [-0.25, -0.2) is 15.0 Å². The van der Waals surface area contributed by atoms with Crippen molar-refractivity contribution in [1.82, 2.24) is 29.2 Å². The molecule has 1 aromatic carbocycles. The third-order valence-corrected chi connectivity index (χ3v) is 4.75. The van der Waals surface area contributed by atoms with E-state index in [1.54, 1.807) is 30.4 Å². The number of ether oxygens (including phenoxy) is 1. The molecule has 0 aliphatic heterocycles. The fraction of sp³-hybridized carbons (Fsp3) is 0.143. The minimum absolute atomic E-state index is 0.207. The van der Waals surface area contributed by atoms with Gasteiger partial charge in [-0.3, -0.25) is 14.3 Å². The van der Waals surface area contributed by atoms with Gasteiger partial charge >= 0.3 is 0 Å². The van der Waals surface area contributed by atoms with Crippen LogP contribution in [-0.2, 0) is 11.3 Å². The lowest BCUT2D eigenvalue weighted by Crippen LogP contribution is -2.22. The third-order valence-electron chi connectivity index (χ3n) is 4.75. The molecule has 0 bridgehead atoms. The highest BCUT2D eigenvalue weighted by molar-refractivity contribution is 6.04. The Hall–Kier alpha value is -3.98. The van der Waals surface area contributed by atoms with E-state index in [9.17, 15) is 4.79 Å². The molecule has 5 rings (SSSR count). The van der Waals surface area contributed by atoms with E-state index in [0.29, 0.717) is 46.4 Å². The number of fused-ring (bicyclic) bond motifs is 4. The zero-order valence-electron chi connectivity index (χ0n) is 16.1. The summed E-state index contributed by atoms with van der Waals surface area (Å²) >= 11 is 0. The van der Waals surface area contributed by atoms with Crippen molar-refractivity contribution in [2.45, 2.75) is 6.54 Å². The summed E-state index contributed by atoms with van der Waals surface area (Å²) in [7, 11) is 1.59. The summed E-state index contributed by atoms with van der Waals surface area (Å²) in [5, 5.41) is 4.93. The summed E-state index contributed by atoms with van der Waals surface area (Å²) in [6.45, 7) is 0.796. The number of benzene rings is 1. The summed E-state index contributed by atoms with van der Waals surface area (Å²) in [5.41, 5.74) is 3.36. The van der Waals surface area contributed by atoms with E-state index in [1.807, 2.05) is 36.4 Å². The van der Waals surface area contributed by atoms with Crippen LogP contribution in [-0.4, -0.2) is 49.1 Å². The second-order valence-electron chi connectivity index (χ2n) is 6.66. The van der Waals surface area contributed by atoms with Gasteiger partial charge in [0.25, 0.3) is 5.56 Å². The van der Waals surface area contributed by atoms with Crippen molar-refractivity contribution in [3.05, 3.63) is 71.0 Å². The van der Waals surface area contributed by atoms with Gasteiger partial charge in [-0.2, -0.15) is 9.78 Å². The maximum absolute atomic E-state index is 13.2. The fourth-order valence-electron chi connectivity index (χ4n) is 3.29. The maximum Gasteiger partial charge on any atom is 0.265 e. The van der Waals surface area contributed by atoms with Crippen molar-refractivity contribution in [2.75, 3.05) is 13.7 Å². The smallest absolute Gasteiger partial charge is 0.265 e. The normalized spacial score (nSPS) is 11.9. The van der Waals surface area contributed by atoms with Crippen molar-refractivity contribution in [3.8, 4) is 0 Å². The van der Waals surface area contributed by atoms with Gasteiger partial charge < -0.3 is 4.74 Å². The quantitative estimate of drug-likeness (QED) is 0.420. The lowest BCUT2D eigenvalue weighted by molar-refractivity contribution is 0.186. The highest BCUT2D eigenvalue weighted by atomic mass is 16.5. The number of methoxy groups -OCH3 is 1. The van der Waals surface area contributed by atoms with E-state index >= 15 is 0 Å². The van der Waals surface area contributed by atoms with E-state index in [2.05, 4.69) is 15.1 Å². The van der Waals surface area contributed by atoms with E-state index in [-0.39, 0.29) is 5.56 Å². The topological polar surface area (TPSA) is 100 Å². The molecule has 0 radical (unpaired) electrons. The van der Waals surface area contributed by atoms with Crippen LogP contribution in [0, 0.1) is 0 Å². The van der Waals surface area contributed by atoms with Crippen molar-refractivity contribution >= 4 is 39.4 Å². The van der Waals surface area contributed by atoms with Crippen LogP contribution in [0.3, 0.4) is 0 Å². The number of aromatic nitrogens is 6. The van der Waals surface area contributed by atoms with Crippen LogP contribution in [0.4, 0.5) is 0 Å². The first-order valence-corrected chi connectivity index (χ1v) is 9.36. The van der Waals surface area contributed by atoms with E-state index in [0.717, 1.165) is 5.56 Å². The highest BCUT2D eigenvalue weighted by Crippen LogP contribution is 2.24. The Morgan fingerprint density at radius 2 is 1.93 bits per heavy atom. The Bertz CT molecular complexity index is 1460. The summed E-state index contributed by atoms with van der Waals surface area (Å²) in [6.07, 6.45) is 6.54. The van der Waals surface area contributed by atoms with Crippen molar-refractivity contribution < 1.29 is 4.74 Å². The minimum Gasteiger partial charge on any atom is -0.383 e. The molecule has 0 fully saturated rings. The standard InChI is InChI=1S/C21H17N7O2/c1-30-10-9-27-13-23-19-17(21(27)29)18-20(26-16-7-3-2-6-15(16)25-18)28(19)24-12-14-5-4-8-22-11-14/h2-8,11-13H,9-10H2,1H3. The second-order valence-corrected chi connectivity index (χ2v) is 6.66. The molecule has 0 unspecified atom stereocenters. The lowest BCUT2D eigenvalue weighted by atomic mass is 10.3. The molecule has 4 aromatic heterocycles. The summed E-state index contributed by atoms with van der Waals surface area (Å²) in [4.78, 5) is 31.2. The molecule has 148 valence electrons. The van der Waals surface area contributed by atoms with Gasteiger partial charge in [0.1, 0.15) is 17.2 Å². The number of nitrogens with zero attached hydrogens (tertiary/aromatic N) is 7. The lowest BCUT2D eigenvalue weighted by Gasteiger charge is -2.04. The van der Waals surface area contributed by atoms with Crippen LogP contribution in [0.25, 0.3) is 33.2 Å². The molecular weight excluding hydrogens is 382 g/mol. The van der Waals surface area contributed by atoms with Gasteiger partial charge in [0.05, 0.1) is 30.4 Å². The molecule has 30 heavy (non-hydrogen) atoms. The third kappa shape index (κ3) is 3.01. The number of hydrogen-bond acceptors (Lipinski definition) is 7. The van der Waals surface area contributed by atoms with Crippen LogP contribution < -0.4 is 5.56 Å². The Labute approximate surface area is 170 Å². The van der Waals surface area contributed by atoms with E-state index in [1.165, 1.54) is 10.9 Å². The van der Waals surface area contributed by atoms with Crippen molar-refractivity contribution in [1.29, 1.82) is 0 Å². The molecule has 0 N–H and O–H groups in total. The number of para-hydroxylation sites is 2. The molecule has 5 aromatic rings. The van der Waals surface area contributed by atoms with Gasteiger partial charge in [-0.05, 0) is 18.2 Å². The maximum atomic E-state index is 13.2. The monoisotopic (exact) mass is 399 g/mol. The molecule has 0 spiro atoms. The molecular formula is C21H17N7O2. The van der Waals surface area contributed by atoms with Crippen LogP contribution >= 0.6 is 0 Å². The average Bonchev–Trinajstić information content (AvgIpc) is 3.09. The largest absolute Gasteiger partial charge is 0.383 e. The zero-order chi connectivity index (χ0) is 20.5. The number of rotatable bonds is 5. The Balaban J connectivity index is 1.82. The van der Waals surface area contributed by atoms with Gasteiger partial charge in [0, 0.05) is 25.1 Å². The molecule has 9 nitrogen and oxygen atoms in total. The Kier molecular flexibility index (Phi) is 4.49. The SMILES string of the molecule is COCCn1cnc2c(c1=O)c1nc3ccccc3nc1n2N=Cc1cccnc1. The summed E-state index contributed by atoms with van der Waals surface area (Å²) in [5.74, 6) is 0. The van der Waals surface area contributed by atoms with Gasteiger partial charge in [-0.15, -0.1) is 0 Å². The van der Waals surface area contributed by atoms with Crippen LogP contribution in [0.15, 0.2) is 65.0 Å². The first-order valence-electron chi connectivity index (χ1n) is 9.36. The predicted octanol–water partition coefficient (Wildman–Crippen LogP) is 2.22. The molecule has 0 aliphatic carbocycles. The highest BCUT2D eigenvalue weighted by Gasteiger charge is 2.19. The molecule has 0 amide bonds. The van der Waals surface area contributed by atoms with Gasteiger partial charge in [0.2, 0.25) is 0 Å². The van der Waals surface area contributed by atoms with E-state index in [4.69, 9.17) is 14.7 Å². The molecule has 4 heterocycles. The first-order chi connectivity index (χ1) is 14.8. The molecule has 0 atom stereocenters.